The van der Waals surface area contributed by atoms with Gasteiger partial charge in [-0.05, 0) is 24.1 Å². The number of hydrogen-bond donors (Lipinski definition) is 1. The zero-order valence-electron chi connectivity index (χ0n) is 11.4. The van der Waals surface area contributed by atoms with Gasteiger partial charge in [-0.25, -0.2) is 0 Å². The Morgan fingerprint density at radius 3 is 2.53 bits per heavy atom. The minimum Gasteiger partial charge on any atom is -0.379 e. The molecule has 104 valence electrons. The molecule has 3 rings (SSSR count). The standard InChI is InChI=1S/C15H23N3O/c16-11-13-1-3-14(4-2-13)18-6-5-15(12-18)17-7-9-19-10-8-17/h1-4,15H,5-12,16H2. The van der Waals surface area contributed by atoms with Crippen LogP contribution in [0.3, 0.4) is 0 Å². The van der Waals surface area contributed by atoms with Crippen LogP contribution in [0, 0.1) is 0 Å². The number of ether oxygens (including phenoxy) is 1. The van der Waals surface area contributed by atoms with Gasteiger partial charge < -0.3 is 15.4 Å². The minimum atomic E-state index is 0.622. The van der Waals surface area contributed by atoms with E-state index in [1.165, 1.54) is 17.7 Å². The predicted molar refractivity (Wildman–Crippen MR) is 77.3 cm³/mol. The summed E-state index contributed by atoms with van der Waals surface area (Å²) < 4.78 is 5.43. The fourth-order valence-electron chi connectivity index (χ4n) is 3.06. The van der Waals surface area contributed by atoms with Gasteiger partial charge >= 0.3 is 0 Å². The molecule has 1 atom stereocenters. The van der Waals surface area contributed by atoms with Crippen molar-refractivity contribution in [2.45, 2.75) is 19.0 Å². The Morgan fingerprint density at radius 2 is 1.84 bits per heavy atom. The van der Waals surface area contributed by atoms with Gasteiger partial charge in [0.05, 0.1) is 13.2 Å². The Balaban J connectivity index is 1.61. The molecule has 0 saturated carbocycles. The van der Waals surface area contributed by atoms with Gasteiger partial charge in [-0.2, -0.15) is 0 Å². The molecule has 0 amide bonds. The second-order valence-electron chi connectivity index (χ2n) is 5.41. The van der Waals surface area contributed by atoms with Crippen molar-refractivity contribution in [1.82, 2.24) is 4.90 Å². The molecule has 2 heterocycles. The van der Waals surface area contributed by atoms with E-state index in [0.29, 0.717) is 12.6 Å². The zero-order chi connectivity index (χ0) is 13.1. The summed E-state index contributed by atoms with van der Waals surface area (Å²) in [6.07, 6.45) is 1.26. The fraction of sp³-hybridized carbons (Fsp3) is 0.600. The summed E-state index contributed by atoms with van der Waals surface area (Å²) in [5.41, 5.74) is 8.17. The first kappa shape index (κ1) is 12.9. The maximum absolute atomic E-state index is 5.64. The second kappa shape index (κ2) is 5.90. The lowest BCUT2D eigenvalue weighted by Gasteiger charge is -2.32. The number of rotatable bonds is 3. The van der Waals surface area contributed by atoms with Crippen LogP contribution in [0.2, 0.25) is 0 Å². The van der Waals surface area contributed by atoms with E-state index in [1.807, 2.05) is 0 Å². The van der Waals surface area contributed by atoms with E-state index in [0.717, 1.165) is 39.4 Å². The van der Waals surface area contributed by atoms with Crippen molar-refractivity contribution >= 4 is 5.69 Å². The predicted octanol–water partition coefficient (Wildman–Crippen LogP) is 1.06. The Bertz CT molecular complexity index is 400. The molecule has 1 aromatic carbocycles. The Hall–Kier alpha value is -1.10. The zero-order valence-corrected chi connectivity index (χ0v) is 11.4. The topological polar surface area (TPSA) is 41.7 Å². The van der Waals surface area contributed by atoms with Gasteiger partial charge in [-0.3, -0.25) is 4.90 Å². The lowest BCUT2D eigenvalue weighted by molar-refractivity contribution is 0.0209. The van der Waals surface area contributed by atoms with E-state index in [-0.39, 0.29) is 0 Å². The Labute approximate surface area is 115 Å². The molecule has 0 aromatic heterocycles. The molecule has 2 aliphatic rings. The molecule has 1 unspecified atom stereocenters. The highest BCUT2D eigenvalue weighted by molar-refractivity contribution is 5.48. The van der Waals surface area contributed by atoms with E-state index in [2.05, 4.69) is 34.1 Å². The Morgan fingerprint density at radius 1 is 1.11 bits per heavy atom. The van der Waals surface area contributed by atoms with E-state index >= 15 is 0 Å². The summed E-state index contributed by atoms with van der Waals surface area (Å²) >= 11 is 0. The number of morpholine rings is 1. The van der Waals surface area contributed by atoms with Crippen LogP contribution >= 0.6 is 0 Å². The molecule has 0 spiro atoms. The van der Waals surface area contributed by atoms with Crippen LogP contribution in [0.5, 0.6) is 0 Å². The largest absolute Gasteiger partial charge is 0.379 e. The lowest BCUT2D eigenvalue weighted by atomic mass is 10.2. The fourth-order valence-corrected chi connectivity index (χ4v) is 3.06. The maximum Gasteiger partial charge on any atom is 0.0594 e. The van der Waals surface area contributed by atoms with E-state index in [4.69, 9.17) is 10.5 Å². The molecule has 2 aliphatic heterocycles. The smallest absolute Gasteiger partial charge is 0.0594 e. The van der Waals surface area contributed by atoms with Gasteiger partial charge in [-0.15, -0.1) is 0 Å². The van der Waals surface area contributed by atoms with Crippen molar-refractivity contribution in [2.75, 3.05) is 44.3 Å². The number of hydrogen-bond acceptors (Lipinski definition) is 4. The third kappa shape index (κ3) is 2.91. The Kier molecular flexibility index (Phi) is 4.01. The van der Waals surface area contributed by atoms with Crippen LogP contribution < -0.4 is 10.6 Å². The van der Waals surface area contributed by atoms with Gasteiger partial charge in [-0.1, -0.05) is 12.1 Å². The molecule has 19 heavy (non-hydrogen) atoms. The van der Waals surface area contributed by atoms with Crippen molar-refractivity contribution < 1.29 is 4.74 Å². The first-order chi connectivity index (χ1) is 9.36. The number of benzene rings is 1. The molecular formula is C15H23N3O. The summed E-state index contributed by atoms with van der Waals surface area (Å²) in [4.78, 5) is 5.07. The van der Waals surface area contributed by atoms with Crippen molar-refractivity contribution in [2.24, 2.45) is 5.73 Å². The highest BCUT2D eigenvalue weighted by Crippen LogP contribution is 2.23. The van der Waals surface area contributed by atoms with E-state index in [9.17, 15) is 0 Å². The molecule has 4 nitrogen and oxygen atoms in total. The van der Waals surface area contributed by atoms with Crippen LogP contribution in [0.15, 0.2) is 24.3 Å². The molecular weight excluding hydrogens is 238 g/mol. The summed E-state index contributed by atoms with van der Waals surface area (Å²) in [6.45, 7) is 6.88. The summed E-state index contributed by atoms with van der Waals surface area (Å²) in [7, 11) is 0. The molecule has 2 fully saturated rings. The first-order valence-electron chi connectivity index (χ1n) is 7.22. The SMILES string of the molecule is NCc1ccc(N2CCC(N3CCOCC3)C2)cc1. The third-order valence-corrected chi connectivity index (χ3v) is 4.26. The lowest BCUT2D eigenvalue weighted by Crippen LogP contribution is -2.44. The van der Waals surface area contributed by atoms with Gasteiger partial charge in [0.25, 0.3) is 0 Å². The monoisotopic (exact) mass is 261 g/mol. The summed E-state index contributed by atoms with van der Waals surface area (Å²) in [5, 5.41) is 0. The minimum absolute atomic E-state index is 0.622. The van der Waals surface area contributed by atoms with Crippen LogP contribution in [0.1, 0.15) is 12.0 Å². The molecule has 1 aromatic rings. The van der Waals surface area contributed by atoms with Crippen LogP contribution in [0.25, 0.3) is 0 Å². The highest BCUT2D eigenvalue weighted by Gasteiger charge is 2.28. The maximum atomic E-state index is 5.64. The summed E-state index contributed by atoms with van der Waals surface area (Å²) in [5.74, 6) is 0. The molecule has 2 saturated heterocycles. The quantitative estimate of drug-likeness (QED) is 0.883. The molecule has 0 bridgehead atoms. The van der Waals surface area contributed by atoms with Gasteiger partial charge in [0.2, 0.25) is 0 Å². The van der Waals surface area contributed by atoms with Crippen molar-refractivity contribution in [1.29, 1.82) is 0 Å². The van der Waals surface area contributed by atoms with E-state index < -0.39 is 0 Å². The average molecular weight is 261 g/mol. The normalized spacial score (nSPS) is 24.9. The molecule has 0 aliphatic carbocycles. The second-order valence-corrected chi connectivity index (χ2v) is 5.41. The third-order valence-electron chi connectivity index (χ3n) is 4.26. The van der Waals surface area contributed by atoms with E-state index in [1.54, 1.807) is 0 Å². The van der Waals surface area contributed by atoms with Gasteiger partial charge in [0, 0.05) is 44.5 Å². The van der Waals surface area contributed by atoms with Gasteiger partial charge in [0.1, 0.15) is 0 Å². The molecule has 4 heteroatoms. The van der Waals surface area contributed by atoms with Crippen LogP contribution in [-0.2, 0) is 11.3 Å². The number of nitrogens with zero attached hydrogens (tertiary/aromatic N) is 2. The van der Waals surface area contributed by atoms with Crippen molar-refractivity contribution in [3.63, 3.8) is 0 Å². The van der Waals surface area contributed by atoms with Crippen LogP contribution in [-0.4, -0.2) is 50.3 Å². The van der Waals surface area contributed by atoms with Crippen molar-refractivity contribution in [3.8, 4) is 0 Å². The molecule has 2 N–H and O–H groups in total. The number of anilines is 1. The van der Waals surface area contributed by atoms with Gasteiger partial charge in [0.15, 0.2) is 0 Å². The van der Waals surface area contributed by atoms with Crippen LogP contribution in [0.4, 0.5) is 5.69 Å². The average Bonchev–Trinajstić information content (AvgIpc) is 2.98. The first-order valence-corrected chi connectivity index (χ1v) is 7.22. The molecule has 0 radical (unpaired) electrons. The highest BCUT2D eigenvalue weighted by atomic mass is 16.5. The summed E-state index contributed by atoms with van der Waals surface area (Å²) in [6, 6.07) is 9.36. The van der Waals surface area contributed by atoms with Crippen molar-refractivity contribution in [3.05, 3.63) is 29.8 Å². The number of nitrogens with two attached hydrogens (primary N) is 1.